The van der Waals surface area contributed by atoms with E-state index in [-0.39, 0.29) is 5.91 Å². The SMILES string of the molecule is Cc1cc(NC(=O)c2cccc3ccccc23)cnc1Br. The third-order valence-electron chi connectivity index (χ3n) is 3.31. The van der Waals surface area contributed by atoms with Gasteiger partial charge in [0, 0.05) is 5.56 Å². The van der Waals surface area contributed by atoms with Crippen LogP contribution in [0, 0.1) is 6.92 Å². The first kappa shape index (κ1) is 13.8. The van der Waals surface area contributed by atoms with Crippen LogP contribution in [0.4, 0.5) is 5.69 Å². The number of hydrogen-bond donors (Lipinski definition) is 1. The maximum Gasteiger partial charge on any atom is 0.256 e. The summed E-state index contributed by atoms with van der Waals surface area (Å²) >= 11 is 3.35. The summed E-state index contributed by atoms with van der Waals surface area (Å²) in [7, 11) is 0. The Kier molecular flexibility index (Phi) is 3.71. The van der Waals surface area contributed by atoms with Crippen LogP contribution in [0.2, 0.25) is 0 Å². The minimum absolute atomic E-state index is 0.129. The predicted molar refractivity (Wildman–Crippen MR) is 88.6 cm³/mol. The molecular formula is C17H13BrN2O. The number of hydrogen-bond acceptors (Lipinski definition) is 2. The van der Waals surface area contributed by atoms with Crippen LogP contribution < -0.4 is 5.32 Å². The summed E-state index contributed by atoms with van der Waals surface area (Å²) in [4.78, 5) is 16.7. The van der Waals surface area contributed by atoms with Gasteiger partial charge >= 0.3 is 0 Å². The van der Waals surface area contributed by atoms with Crippen molar-refractivity contribution in [2.24, 2.45) is 0 Å². The van der Waals surface area contributed by atoms with Crippen molar-refractivity contribution in [2.45, 2.75) is 6.92 Å². The van der Waals surface area contributed by atoms with Crippen molar-refractivity contribution in [3.05, 3.63) is 70.5 Å². The molecule has 1 N–H and O–H groups in total. The summed E-state index contributed by atoms with van der Waals surface area (Å²) in [5, 5.41) is 4.89. The zero-order valence-corrected chi connectivity index (χ0v) is 13.0. The van der Waals surface area contributed by atoms with Crippen LogP contribution in [0.25, 0.3) is 10.8 Å². The van der Waals surface area contributed by atoms with Crippen molar-refractivity contribution in [1.82, 2.24) is 4.98 Å². The zero-order chi connectivity index (χ0) is 14.8. The minimum atomic E-state index is -0.129. The van der Waals surface area contributed by atoms with Crippen LogP contribution in [-0.2, 0) is 0 Å². The van der Waals surface area contributed by atoms with E-state index >= 15 is 0 Å². The summed E-state index contributed by atoms with van der Waals surface area (Å²) < 4.78 is 0.783. The summed E-state index contributed by atoms with van der Waals surface area (Å²) in [6.07, 6.45) is 1.64. The van der Waals surface area contributed by atoms with Crippen molar-refractivity contribution in [1.29, 1.82) is 0 Å². The predicted octanol–water partition coefficient (Wildman–Crippen LogP) is 4.56. The Balaban J connectivity index is 1.95. The van der Waals surface area contributed by atoms with E-state index in [2.05, 4.69) is 26.2 Å². The molecule has 0 aliphatic rings. The summed E-state index contributed by atoms with van der Waals surface area (Å²) in [5.41, 5.74) is 2.33. The molecule has 21 heavy (non-hydrogen) atoms. The fourth-order valence-corrected chi connectivity index (χ4v) is 2.47. The molecule has 1 amide bonds. The van der Waals surface area contributed by atoms with Crippen LogP contribution in [0.15, 0.2) is 59.3 Å². The molecule has 0 bridgehead atoms. The number of amides is 1. The van der Waals surface area contributed by atoms with Gasteiger partial charge in [0.2, 0.25) is 0 Å². The van der Waals surface area contributed by atoms with Gasteiger partial charge in [0.25, 0.3) is 5.91 Å². The first-order chi connectivity index (χ1) is 10.1. The zero-order valence-electron chi connectivity index (χ0n) is 11.4. The molecule has 2 aromatic carbocycles. The third kappa shape index (κ3) is 2.81. The molecule has 0 fully saturated rings. The van der Waals surface area contributed by atoms with Crippen molar-refractivity contribution >= 4 is 38.3 Å². The number of fused-ring (bicyclic) bond motifs is 1. The smallest absolute Gasteiger partial charge is 0.256 e. The lowest BCUT2D eigenvalue weighted by atomic mass is 10.0. The van der Waals surface area contributed by atoms with Crippen molar-refractivity contribution in [2.75, 3.05) is 5.32 Å². The van der Waals surface area contributed by atoms with E-state index in [0.29, 0.717) is 11.3 Å². The van der Waals surface area contributed by atoms with Crippen molar-refractivity contribution in [3.63, 3.8) is 0 Å². The summed E-state index contributed by atoms with van der Waals surface area (Å²) in [5.74, 6) is -0.129. The lowest BCUT2D eigenvalue weighted by Gasteiger charge is -2.09. The van der Waals surface area contributed by atoms with Gasteiger partial charge in [-0.3, -0.25) is 4.79 Å². The van der Waals surface area contributed by atoms with Gasteiger partial charge in [-0.15, -0.1) is 0 Å². The minimum Gasteiger partial charge on any atom is -0.321 e. The quantitative estimate of drug-likeness (QED) is 0.695. The van der Waals surface area contributed by atoms with E-state index in [1.165, 1.54) is 0 Å². The van der Waals surface area contributed by atoms with Crippen LogP contribution in [0.3, 0.4) is 0 Å². The Labute approximate surface area is 131 Å². The first-order valence-corrected chi connectivity index (χ1v) is 7.36. The van der Waals surface area contributed by atoms with E-state index in [1.54, 1.807) is 6.20 Å². The second kappa shape index (κ2) is 5.66. The number of benzene rings is 2. The molecular weight excluding hydrogens is 328 g/mol. The molecule has 0 saturated heterocycles. The lowest BCUT2D eigenvalue weighted by Crippen LogP contribution is -2.12. The Morgan fingerprint density at radius 1 is 1.14 bits per heavy atom. The normalized spacial score (nSPS) is 10.6. The second-order valence-corrected chi connectivity index (χ2v) is 5.56. The Hall–Kier alpha value is -2.20. The van der Waals surface area contributed by atoms with E-state index in [9.17, 15) is 4.79 Å². The monoisotopic (exact) mass is 340 g/mol. The van der Waals surface area contributed by atoms with E-state index in [0.717, 1.165) is 20.9 Å². The molecule has 0 unspecified atom stereocenters. The van der Waals surface area contributed by atoms with E-state index in [1.807, 2.05) is 55.5 Å². The second-order valence-electron chi connectivity index (χ2n) is 4.81. The highest BCUT2D eigenvalue weighted by molar-refractivity contribution is 9.10. The highest BCUT2D eigenvalue weighted by Gasteiger charge is 2.10. The van der Waals surface area contributed by atoms with Gasteiger partial charge in [0.15, 0.2) is 0 Å². The van der Waals surface area contributed by atoms with Gasteiger partial charge < -0.3 is 5.32 Å². The van der Waals surface area contributed by atoms with Gasteiger partial charge in [0.05, 0.1) is 11.9 Å². The van der Waals surface area contributed by atoms with Crippen molar-refractivity contribution < 1.29 is 4.79 Å². The molecule has 104 valence electrons. The Morgan fingerprint density at radius 2 is 1.90 bits per heavy atom. The Bertz CT molecular complexity index is 825. The number of rotatable bonds is 2. The van der Waals surface area contributed by atoms with Crippen LogP contribution in [0.1, 0.15) is 15.9 Å². The number of nitrogens with zero attached hydrogens (tertiary/aromatic N) is 1. The average molecular weight is 341 g/mol. The number of halogens is 1. The molecule has 4 heteroatoms. The van der Waals surface area contributed by atoms with Gasteiger partial charge in [-0.1, -0.05) is 36.4 Å². The number of aromatic nitrogens is 1. The highest BCUT2D eigenvalue weighted by atomic mass is 79.9. The van der Waals surface area contributed by atoms with E-state index < -0.39 is 0 Å². The molecule has 1 aromatic heterocycles. The fourth-order valence-electron chi connectivity index (χ4n) is 2.25. The molecule has 0 atom stereocenters. The fraction of sp³-hybridized carbons (Fsp3) is 0.0588. The molecule has 3 rings (SSSR count). The van der Waals surface area contributed by atoms with Gasteiger partial charge in [0.1, 0.15) is 4.60 Å². The van der Waals surface area contributed by atoms with Crippen LogP contribution in [-0.4, -0.2) is 10.9 Å². The molecule has 0 aliphatic carbocycles. The average Bonchev–Trinajstić information content (AvgIpc) is 2.50. The summed E-state index contributed by atoms with van der Waals surface area (Å²) in [6.45, 7) is 1.94. The summed E-state index contributed by atoms with van der Waals surface area (Å²) in [6, 6.07) is 15.5. The van der Waals surface area contributed by atoms with Gasteiger partial charge in [-0.05, 0) is 51.3 Å². The number of anilines is 1. The van der Waals surface area contributed by atoms with Crippen LogP contribution in [0.5, 0.6) is 0 Å². The van der Waals surface area contributed by atoms with E-state index in [4.69, 9.17) is 0 Å². The molecule has 0 aliphatic heterocycles. The number of aryl methyl sites for hydroxylation is 1. The third-order valence-corrected chi connectivity index (χ3v) is 4.14. The largest absolute Gasteiger partial charge is 0.321 e. The number of carbonyl (C=O) groups is 1. The van der Waals surface area contributed by atoms with Crippen LogP contribution >= 0.6 is 15.9 Å². The molecule has 0 radical (unpaired) electrons. The number of pyridine rings is 1. The molecule has 0 saturated carbocycles. The highest BCUT2D eigenvalue weighted by Crippen LogP contribution is 2.21. The first-order valence-electron chi connectivity index (χ1n) is 6.56. The molecule has 3 nitrogen and oxygen atoms in total. The van der Waals surface area contributed by atoms with Crippen molar-refractivity contribution in [3.8, 4) is 0 Å². The van der Waals surface area contributed by atoms with Gasteiger partial charge in [-0.2, -0.15) is 0 Å². The maximum absolute atomic E-state index is 12.5. The lowest BCUT2D eigenvalue weighted by molar-refractivity contribution is 0.102. The number of carbonyl (C=O) groups excluding carboxylic acids is 1. The standard InChI is InChI=1S/C17H13BrN2O/c1-11-9-13(10-19-16(11)18)20-17(21)15-8-4-6-12-5-2-3-7-14(12)15/h2-10H,1H3,(H,20,21). The maximum atomic E-state index is 12.5. The molecule has 3 aromatic rings. The molecule has 1 heterocycles. The molecule has 0 spiro atoms. The van der Waals surface area contributed by atoms with Gasteiger partial charge in [-0.25, -0.2) is 4.98 Å². The topological polar surface area (TPSA) is 42.0 Å². The number of nitrogens with one attached hydrogen (secondary N) is 1. The Morgan fingerprint density at radius 3 is 2.71 bits per heavy atom.